The molecule has 3 heterocycles. The van der Waals surface area contributed by atoms with Crippen molar-refractivity contribution in [3.05, 3.63) is 46.8 Å². The van der Waals surface area contributed by atoms with Crippen LogP contribution >= 0.6 is 0 Å². The molecule has 0 aliphatic rings. The van der Waals surface area contributed by atoms with Crippen molar-refractivity contribution in [2.24, 2.45) is 7.05 Å². The van der Waals surface area contributed by atoms with Crippen LogP contribution in [0.15, 0.2) is 35.5 Å². The molecule has 19 heavy (non-hydrogen) atoms. The summed E-state index contributed by atoms with van der Waals surface area (Å²) in [6.45, 7) is 0.450. The molecule has 0 unspecified atom stereocenters. The van der Waals surface area contributed by atoms with E-state index in [1.165, 1.54) is 12.1 Å². The predicted octanol–water partition coefficient (Wildman–Crippen LogP) is 0.155. The molecule has 0 saturated carbocycles. The van der Waals surface area contributed by atoms with E-state index in [1.54, 1.807) is 30.3 Å². The minimum atomic E-state index is -0.0289. The van der Waals surface area contributed by atoms with Gasteiger partial charge in [0.1, 0.15) is 5.82 Å². The molecule has 96 valence electrons. The van der Waals surface area contributed by atoms with Gasteiger partial charge in [-0.15, -0.1) is 0 Å². The Morgan fingerprint density at radius 2 is 2.00 bits per heavy atom. The van der Waals surface area contributed by atoms with E-state index in [1.807, 2.05) is 4.57 Å². The molecule has 0 aromatic carbocycles. The van der Waals surface area contributed by atoms with E-state index in [0.717, 1.165) is 5.39 Å². The number of fused-ring (bicyclic) bond motifs is 1. The van der Waals surface area contributed by atoms with Crippen molar-refractivity contribution in [3.63, 3.8) is 0 Å². The molecule has 0 atom stereocenters. The number of pyridine rings is 1. The van der Waals surface area contributed by atoms with Crippen molar-refractivity contribution >= 4 is 16.9 Å². The van der Waals surface area contributed by atoms with E-state index in [9.17, 15) is 4.79 Å². The smallest absolute Gasteiger partial charge is 0.181 e. The summed E-state index contributed by atoms with van der Waals surface area (Å²) in [5.74, 6) is 0.992. The van der Waals surface area contributed by atoms with Gasteiger partial charge in [-0.2, -0.15) is 5.10 Å². The zero-order chi connectivity index (χ0) is 13.4. The van der Waals surface area contributed by atoms with E-state index in [0.29, 0.717) is 23.8 Å². The molecule has 0 fully saturated rings. The van der Waals surface area contributed by atoms with Gasteiger partial charge in [0.15, 0.2) is 16.9 Å². The maximum atomic E-state index is 11.0. The first-order chi connectivity index (χ1) is 9.13. The van der Waals surface area contributed by atoms with Crippen LogP contribution in [0.3, 0.4) is 0 Å². The Balaban J connectivity index is 2.03. The number of anilines is 1. The largest absolute Gasteiger partial charge is 0.383 e. The lowest BCUT2D eigenvalue weighted by molar-refractivity contribution is 0.731. The van der Waals surface area contributed by atoms with Gasteiger partial charge in [0, 0.05) is 31.6 Å². The summed E-state index contributed by atoms with van der Waals surface area (Å²) >= 11 is 0. The molecule has 0 aliphatic carbocycles. The van der Waals surface area contributed by atoms with Crippen molar-refractivity contribution in [2.45, 2.75) is 6.54 Å². The van der Waals surface area contributed by atoms with Gasteiger partial charge >= 0.3 is 0 Å². The molecular formula is C12H12N6O. The Hall–Kier alpha value is -2.70. The van der Waals surface area contributed by atoms with Gasteiger partial charge in [0.2, 0.25) is 0 Å². The molecule has 0 radical (unpaired) electrons. The highest BCUT2D eigenvalue weighted by Crippen LogP contribution is 2.16. The summed E-state index contributed by atoms with van der Waals surface area (Å²) in [4.78, 5) is 19.7. The first kappa shape index (κ1) is 11.4. The minimum Gasteiger partial charge on any atom is -0.383 e. The highest BCUT2D eigenvalue weighted by atomic mass is 16.1. The Bertz CT molecular complexity index is 783. The summed E-state index contributed by atoms with van der Waals surface area (Å²) in [6.07, 6.45) is 5.03. The number of hydrogen-bond donors (Lipinski definition) is 1. The normalized spacial score (nSPS) is 11.0. The van der Waals surface area contributed by atoms with Crippen LogP contribution in [-0.4, -0.2) is 24.3 Å². The Morgan fingerprint density at radius 1 is 1.26 bits per heavy atom. The monoisotopic (exact) mass is 256 g/mol. The zero-order valence-electron chi connectivity index (χ0n) is 10.3. The van der Waals surface area contributed by atoms with Crippen LogP contribution in [0.25, 0.3) is 11.0 Å². The van der Waals surface area contributed by atoms with Crippen LogP contribution in [0, 0.1) is 0 Å². The number of rotatable bonds is 2. The van der Waals surface area contributed by atoms with Gasteiger partial charge < -0.3 is 10.3 Å². The Kier molecular flexibility index (Phi) is 2.52. The maximum absolute atomic E-state index is 11.0. The average Bonchev–Trinajstić information content (AvgIpc) is 2.75. The van der Waals surface area contributed by atoms with Crippen molar-refractivity contribution in [1.82, 2.24) is 24.3 Å². The first-order valence-corrected chi connectivity index (χ1v) is 5.74. The summed E-state index contributed by atoms with van der Waals surface area (Å²) in [5.41, 5.74) is 6.55. The third-order valence-electron chi connectivity index (χ3n) is 2.85. The maximum Gasteiger partial charge on any atom is 0.181 e. The number of aromatic nitrogens is 5. The molecule has 3 aromatic rings. The molecule has 2 N–H and O–H groups in total. The SMILES string of the molecule is Cn1ncc2c(N)nc(Cn3ccc(=O)cc3)nc21. The van der Waals surface area contributed by atoms with Crippen LogP contribution in [0.2, 0.25) is 0 Å². The number of nitrogens with zero attached hydrogens (tertiary/aromatic N) is 5. The average molecular weight is 256 g/mol. The second-order valence-corrected chi connectivity index (χ2v) is 4.24. The second-order valence-electron chi connectivity index (χ2n) is 4.24. The highest BCUT2D eigenvalue weighted by Gasteiger charge is 2.09. The molecule has 0 aliphatic heterocycles. The molecule has 7 heteroatoms. The quantitative estimate of drug-likeness (QED) is 0.705. The van der Waals surface area contributed by atoms with Crippen LogP contribution in [0.5, 0.6) is 0 Å². The van der Waals surface area contributed by atoms with Crippen molar-refractivity contribution < 1.29 is 0 Å². The van der Waals surface area contributed by atoms with E-state index in [2.05, 4.69) is 15.1 Å². The second kappa shape index (κ2) is 4.20. The van der Waals surface area contributed by atoms with Gasteiger partial charge in [-0.3, -0.25) is 9.48 Å². The summed E-state index contributed by atoms with van der Waals surface area (Å²) in [5, 5.41) is 4.84. The fraction of sp³-hybridized carbons (Fsp3) is 0.167. The molecule has 0 bridgehead atoms. The minimum absolute atomic E-state index is 0.0289. The van der Waals surface area contributed by atoms with E-state index >= 15 is 0 Å². The lowest BCUT2D eigenvalue weighted by Gasteiger charge is -2.06. The fourth-order valence-corrected chi connectivity index (χ4v) is 1.87. The van der Waals surface area contributed by atoms with Crippen LogP contribution in [0.4, 0.5) is 5.82 Å². The number of aryl methyl sites for hydroxylation is 1. The number of nitrogen functional groups attached to an aromatic ring is 1. The number of hydrogen-bond acceptors (Lipinski definition) is 5. The molecular weight excluding hydrogens is 244 g/mol. The lowest BCUT2D eigenvalue weighted by Crippen LogP contribution is -2.09. The van der Waals surface area contributed by atoms with Gasteiger partial charge in [-0.05, 0) is 0 Å². The summed E-state index contributed by atoms with van der Waals surface area (Å²) < 4.78 is 3.47. The Morgan fingerprint density at radius 3 is 2.74 bits per heavy atom. The molecule has 3 rings (SSSR count). The van der Waals surface area contributed by atoms with Crippen molar-refractivity contribution in [2.75, 3.05) is 5.73 Å². The highest BCUT2D eigenvalue weighted by molar-refractivity contribution is 5.84. The van der Waals surface area contributed by atoms with Crippen LogP contribution in [-0.2, 0) is 13.6 Å². The topological polar surface area (TPSA) is 91.6 Å². The summed E-state index contributed by atoms with van der Waals surface area (Å²) in [6, 6.07) is 2.98. The molecule has 0 spiro atoms. The van der Waals surface area contributed by atoms with Gasteiger partial charge in [-0.25, -0.2) is 9.97 Å². The molecule has 3 aromatic heterocycles. The van der Waals surface area contributed by atoms with E-state index in [-0.39, 0.29) is 5.43 Å². The summed E-state index contributed by atoms with van der Waals surface area (Å²) in [7, 11) is 1.80. The third kappa shape index (κ3) is 2.05. The first-order valence-electron chi connectivity index (χ1n) is 5.74. The standard InChI is InChI=1S/C12H12N6O/c1-17-12-9(6-14-17)11(13)15-10(16-12)7-18-4-2-8(19)3-5-18/h2-6H,7H2,1H3,(H2,13,15,16). The van der Waals surface area contributed by atoms with Gasteiger partial charge in [0.25, 0.3) is 0 Å². The third-order valence-corrected chi connectivity index (χ3v) is 2.85. The van der Waals surface area contributed by atoms with E-state index in [4.69, 9.17) is 5.73 Å². The van der Waals surface area contributed by atoms with Crippen LogP contribution in [0.1, 0.15) is 5.82 Å². The lowest BCUT2D eigenvalue weighted by atomic mass is 10.4. The molecule has 0 saturated heterocycles. The predicted molar refractivity (Wildman–Crippen MR) is 70.5 cm³/mol. The molecule has 0 amide bonds. The van der Waals surface area contributed by atoms with E-state index < -0.39 is 0 Å². The van der Waals surface area contributed by atoms with Crippen molar-refractivity contribution in [3.8, 4) is 0 Å². The van der Waals surface area contributed by atoms with Crippen molar-refractivity contribution in [1.29, 1.82) is 0 Å². The molecule has 7 nitrogen and oxygen atoms in total. The van der Waals surface area contributed by atoms with Gasteiger partial charge in [-0.1, -0.05) is 0 Å². The zero-order valence-corrected chi connectivity index (χ0v) is 10.3. The Labute approximate surface area is 108 Å². The fourth-order valence-electron chi connectivity index (χ4n) is 1.87. The van der Waals surface area contributed by atoms with Gasteiger partial charge in [0.05, 0.1) is 18.1 Å². The number of nitrogens with two attached hydrogens (primary N) is 1. The van der Waals surface area contributed by atoms with Crippen LogP contribution < -0.4 is 11.2 Å².